The molecule has 0 unspecified atom stereocenters. The van der Waals surface area contributed by atoms with Crippen LogP contribution in [0.2, 0.25) is 0 Å². The third-order valence-electron chi connectivity index (χ3n) is 1.86. The first kappa shape index (κ1) is 9.48. The van der Waals surface area contributed by atoms with Gasteiger partial charge in [0.1, 0.15) is 0 Å². The summed E-state index contributed by atoms with van der Waals surface area (Å²) in [5.74, 6) is 0. The van der Waals surface area contributed by atoms with Gasteiger partial charge in [-0.15, -0.1) is 0 Å². The highest BCUT2D eigenvalue weighted by atomic mass is 32.2. The molecule has 0 radical (unpaired) electrons. The third kappa shape index (κ3) is 1.95. The van der Waals surface area contributed by atoms with E-state index in [0.717, 1.165) is 6.42 Å². The van der Waals surface area contributed by atoms with Crippen LogP contribution in [0.15, 0.2) is 22.6 Å². The van der Waals surface area contributed by atoms with E-state index in [2.05, 4.69) is 4.18 Å². The zero-order valence-electron chi connectivity index (χ0n) is 7.20. The summed E-state index contributed by atoms with van der Waals surface area (Å²) >= 11 is 0. The molecule has 0 atom stereocenters. The fourth-order valence-electron chi connectivity index (χ4n) is 1.04. The summed E-state index contributed by atoms with van der Waals surface area (Å²) in [5.41, 5.74) is 1.20. The molecule has 0 saturated heterocycles. The second-order valence-electron chi connectivity index (χ2n) is 2.77. The fourth-order valence-corrected chi connectivity index (χ4v) is 1.84. The molecular formula is C8H12O3S. The molecule has 1 aliphatic rings. The number of allylic oxidation sites excluding steroid dienone is 4. The first-order valence-corrected chi connectivity index (χ1v) is 5.14. The van der Waals surface area contributed by atoms with Gasteiger partial charge in [0.25, 0.3) is 10.1 Å². The van der Waals surface area contributed by atoms with Crippen LogP contribution in [0, 0.1) is 0 Å². The zero-order chi connectivity index (χ0) is 9.19. The Hall–Kier alpha value is -0.610. The minimum Gasteiger partial charge on any atom is -0.270 e. The Labute approximate surface area is 72.9 Å². The summed E-state index contributed by atoms with van der Waals surface area (Å²) in [4.78, 5) is 0.371. The van der Waals surface area contributed by atoms with E-state index in [1.54, 1.807) is 6.08 Å². The van der Waals surface area contributed by atoms with Gasteiger partial charge in [-0.3, -0.25) is 4.18 Å². The van der Waals surface area contributed by atoms with E-state index < -0.39 is 10.1 Å². The predicted octanol–water partition coefficient (Wildman–Crippen LogP) is 1.59. The number of hydrogen-bond donors (Lipinski definition) is 0. The van der Waals surface area contributed by atoms with Gasteiger partial charge in [0.05, 0.1) is 12.0 Å². The van der Waals surface area contributed by atoms with Crippen molar-refractivity contribution in [2.75, 3.05) is 7.11 Å². The summed E-state index contributed by atoms with van der Waals surface area (Å²) in [6.45, 7) is 1.98. The van der Waals surface area contributed by atoms with E-state index in [1.807, 2.05) is 13.0 Å². The van der Waals surface area contributed by atoms with Crippen molar-refractivity contribution in [3.05, 3.63) is 22.6 Å². The lowest BCUT2D eigenvalue weighted by atomic mass is 10.1. The molecule has 1 aliphatic carbocycles. The van der Waals surface area contributed by atoms with Crippen molar-refractivity contribution in [1.82, 2.24) is 0 Å². The molecule has 0 bridgehead atoms. The van der Waals surface area contributed by atoms with Crippen LogP contribution in [0.1, 0.15) is 19.8 Å². The van der Waals surface area contributed by atoms with Gasteiger partial charge in [0.15, 0.2) is 0 Å². The van der Waals surface area contributed by atoms with Gasteiger partial charge >= 0.3 is 0 Å². The molecule has 0 N–H and O–H groups in total. The largest absolute Gasteiger partial charge is 0.292 e. The Morgan fingerprint density at radius 2 is 2.00 bits per heavy atom. The monoisotopic (exact) mass is 188 g/mol. The molecule has 0 aromatic rings. The van der Waals surface area contributed by atoms with Crippen molar-refractivity contribution in [2.45, 2.75) is 19.8 Å². The van der Waals surface area contributed by atoms with Crippen LogP contribution in [-0.2, 0) is 14.3 Å². The first-order valence-electron chi connectivity index (χ1n) is 3.73. The van der Waals surface area contributed by atoms with E-state index in [9.17, 15) is 8.42 Å². The second kappa shape index (κ2) is 3.41. The van der Waals surface area contributed by atoms with Crippen LogP contribution in [-0.4, -0.2) is 15.5 Å². The molecule has 4 heteroatoms. The van der Waals surface area contributed by atoms with Gasteiger partial charge in [-0.2, -0.15) is 8.42 Å². The van der Waals surface area contributed by atoms with E-state index in [4.69, 9.17) is 0 Å². The normalized spacial score (nSPS) is 18.5. The van der Waals surface area contributed by atoms with Crippen molar-refractivity contribution in [3.63, 3.8) is 0 Å². The van der Waals surface area contributed by atoms with Crippen molar-refractivity contribution >= 4 is 10.1 Å². The topological polar surface area (TPSA) is 43.4 Å². The van der Waals surface area contributed by atoms with Gasteiger partial charge < -0.3 is 0 Å². The molecular weight excluding hydrogens is 176 g/mol. The van der Waals surface area contributed by atoms with Gasteiger partial charge in [-0.1, -0.05) is 11.6 Å². The Balaban J connectivity index is 2.93. The van der Waals surface area contributed by atoms with Gasteiger partial charge in [-0.05, 0) is 25.8 Å². The van der Waals surface area contributed by atoms with E-state index in [-0.39, 0.29) is 0 Å². The first-order chi connectivity index (χ1) is 5.56. The van der Waals surface area contributed by atoms with Crippen molar-refractivity contribution in [2.24, 2.45) is 0 Å². The molecule has 0 heterocycles. The highest BCUT2D eigenvalue weighted by Crippen LogP contribution is 2.22. The summed E-state index contributed by atoms with van der Waals surface area (Å²) in [6.07, 6.45) is 4.78. The lowest BCUT2D eigenvalue weighted by Gasteiger charge is -2.10. The molecule has 3 nitrogen and oxygen atoms in total. The van der Waals surface area contributed by atoms with Crippen LogP contribution in [0.4, 0.5) is 0 Å². The van der Waals surface area contributed by atoms with Gasteiger partial charge in [0.2, 0.25) is 0 Å². The standard InChI is InChI=1S/C8H12O3S/c1-7-3-5-8(6-4-7)12(9,10)11-2/h3,5H,4,6H2,1-2H3. The van der Waals surface area contributed by atoms with Crippen LogP contribution in [0.3, 0.4) is 0 Å². The lowest BCUT2D eigenvalue weighted by Crippen LogP contribution is -2.07. The quantitative estimate of drug-likeness (QED) is 0.618. The summed E-state index contributed by atoms with van der Waals surface area (Å²) in [6, 6.07) is 0. The smallest absolute Gasteiger partial charge is 0.270 e. The van der Waals surface area contributed by atoms with E-state index in [1.165, 1.54) is 12.7 Å². The molecule has 0 aromatic heterocycles. The van der Waals surface area contributed by atoms with Gasteiger partial charge in [0, 0.05) is 0 Å². The van der Waals surface area contributed by atoms with Crippen LogP contribution < -0.4 is 0 Å². The molecule has 68 valence electrons. The molecule has 0 spiro atoms. The Morgan fingerprint density at radius 1 is 1.33 bits per heavy atom. The summed E-state index contributed by atoms with van der Waals surface area (Å²) in [7, 11) is -2.25. The predicted molar refractivity (Wildman–Crippen MR) is 47.0 cm³/mol. The Kier molecular flexibility index (Phi) is 2.69. The molecule has 1 rings (SSSR count). The van der Waals surface area contributed by atoms with Crippen LogP contribution in [0.5, 0.6) is 0 Å². The van der Waals surface area contributed by atoms with Crippen molar-refractivity contribution < 1.29 is 12.6 Å². The Morgan fingerprint density at radius 3 is 2.42 bits per heavy atom. The highest BCUT2D eigenvalue weighted by molar-refractivity contribution is 7.90. The van der Waals surface area contributed by atoms with Crippen LogP contribution >= 0.6 is 0 Å². The van der Waals surface area contributed by atoms with E-state index >= 15 is 0 Å². The van der Waals surface area contributed by atoms with Crippen LogP contribution in [0.25, 0.3) is 0 Å². The van der Waals surface area contributed by atoms with Crippen molar-refractivity contribution in [1.29, 1.82) is 0 Å². The van der Waals surface area contributed by atoms with E-state index in [0.29, 0.717) is 11.3 Å². The SMILES string of the molecule is COS(=O)(=O)C1=CC=C(C)CC1. The molecule has 0 aromatic carbocycles. The molecule has 0 aliphatic heterocycles. The summed E-state index contributed by atoms with van der Waals surface area (Å²) in [5, 5.41) is 0. The maximum Gasteiger partial charge on any atom is 0.292 e. The van der Waals surface area contributed by atoms with Crippen molar-refractivity contribution in [3.8, 4) is 0 Å². The maximum absolute atomic E-state index is 11.1. The number of rotatable bonds is 2. The average molecular weight is 188 g/mol. The minimum atomic E-state index is -3.43. The number of hydrogen-bond acceptors (Lipinski definition) is 3. The lowest BCUT2D eigenvalue weighted by molar-refractivity contribution is 0.402. The zero-order valence-corrected chi connectivity index (χ0v) is 8.02. The summed E-state index contributed by atoms with van der Waals surface area (Å²) < 4.78 is 26.7. The molecule has 0 fully saturated rings. The van der Waals surface area contributed by atoms with Gasteiger partial charge in [-0.25, -0.2) is 0 Å². The average Bonchev–Trinajstić information content (AvgIpc) is 2.05. The maximum atomic E-state index is 11.1. The minimum absolute atomic E-state index is 0.371. The second-order valence-corrected chi connectivity index (χ2v) is 4.53. The molecule has 0 saturated carbocycles. The Bertz CT molecular complexity index is 322. The molecule has 0 amide bonds. The molecule has 12 heavy (non-hydrogen) atoms. The fraction of sp³-hybridized carbons (Fsp3) is 0.500. The highest BCUT2D eigenvalue weighted by Gasteiger charge is 2.17. The third-order valence-corrected chi connectivity index (χ3v) is 3.28.